The highest BCUT2D eigenvalue weighted by Gasteiger charge is 2.32. The maximum atomic E-state index is 13.7. The molecule has 1 unspecified atom stereocenters. The van der Waals surface area contributed by atoms with Gasteiger partial charge < -0.3 is 14.8 Å². The SMILES string of the molecule is N#Cc1ccc2c(c1)CN(C(=O)c1cnccn1)C(Cc1ccccc1)CN2Cc1cnc[nH]1. The van der Waals surface area contributed by atoms with Crippen molar-refractivity contribution in [1.82, 2.24) is 24.8 Å². The maximum absolute atomic E-state index is 13.7. The molecule has 0 bridgehead atoms. The van der Waals surface area contributed by atoms with Gasteiger partial charge in [0.05, 0.1) is 42.4 Å². The van der Waals surface area contributed by atoms with Gasteiger partial charge in [-0.2, -0.15) is 5.26 Å². The first-order chi connectivity index (χ1) is 16.7. The Morgan fingerprint density at radius 2 is 2.00 bits per heavy atom. The Morgan fingerprint density at radius 1 is 1.12 bits per heavy atom. The lowest BCUT2D eigenvalue weighted by molar-refractivity contribution is 0.0664. The third-order valence-corrected chi connectivity index (χ3v) is 6.04. The Labute approximate surface area is 197 Å². The maximum Gasteiger partial charge on any atom is 0.274 e. The van der Waals surface area contributed by atoms with Crippen LogP contribution < -0.4 is 4.90 Å². The van der Waals surface area contributed by atoms with Crippen LogP contribution in [0.5, 0.6) is 0 Å². The van der Waals surface area contributed by atoms with Crippen molar-refractivity contribution in [3.8, 4) is 6.07 Å². The van der Waals surface area contributed by atoms with Gasteiger partial charge in [-0.15, -0.1) is 0 Å². The number of carbonyl (C=O) groups is 1. The number of aromatic amines is 1. The molecule has 0 saturated carbocycles. The fraction of sp³-hybridized carbons (Fsp3) is 0.192. The number of aromatic nitrogens is 4. The second-order valence-electron chi connectivity index (χ2n) is 8.28. The quantitative estimate of drug-likeness (QED) is 0.501. The molecule has 34 heavy (non-hydrogen) atoms. The lowest BCUT2D eigenvalue weighted by atomic mass is 10.0. The van der Waals surface area contributed by atoms with Crippen LogP contribution in [0.4, 0.5) is 5.69 Å². The second kappa shape index (κ2) is 9.55. The van der Waals surface area contributed by atoms with Crippen molar-refractivity contribution in [2.75, 3.05) is 11.4 Å². The average Bonchev–Trinajstić information content (AvgIpc) is 3.35. The number of imidazole rings is 1. The topological polar surface area (TPSA) is 102 Å². The van der Waals surface area contributed by atoms with Crippen LogP contribution in [0.25, 0.3) is 0 Å². The summed E-state index contributed by atoms with van der Waals surface area (Å²) >= 11 is 0. The van der Waals surface area contributed by atoms with Gasteiger partial charge in [-0.25, -0.2) is 9.97 Å². The van der Waals surface area contributed by atoms with Crippen molar-refractivity contribution < 1.29 is 4.79 Å². The van der Waals surface area contributed by atoms with Gasteiger partial charge in [-0.05, 0) is 35.7 Å². The Balaban J connectivity index is 1.58. The van der Waals surface area contributed by atoms with E-state index in [4.69, 9.17) is 0 Å². The summed E-state index contributed by atoms with van der Waals surface area (Å²) in [4.78, 5) is 33.5. The lowest BCUT2D eigenvalue weighted by Crippen LogP contribution is -2.46. The summed E-state index contributed by atoms with van der Waals surface area (Å²) in [5.74, 6) is -0.175. The summed E-state index contributed by atoms with van der Waals surface area (Å²) in [7, 11) is 0. The van der Waals surface area contributed by atoms with Gasteiger partial charge in [0, 0.05) is 37.4 Å². The molecular weight excluding hydrogens is 426 g/mol. The highest BCUT2D eigenvalue weighted by atomic mass is 16.2. The first-order valence-corrected chi connectivity index (χ1v) is 11.1. The zero-order chi connectivity index (χ0) is 23.3. The molecule has 1 N–H and O–H groups in total. The number of nitrogens with zero attached hydrogens (tertiary/aromatic N) is 6. The molecule has 0 radical (unpaired) electrons. The molecule has 1 atom stereocenters. The first-order valence-electron chi connectivity index (χ1n) is 11.1. The molecule has 0 fully saturated rings. The summed E-state index contributed by atoms with van der Waals surface area (Å²) in [5.41, 5.74) is 4.92. The van der Waals surface area contributed by atoms with Crippen molar-refractivity contribution in [3.63, 3.8) is 0 Å². The number of amides is 1. The summed E-state index contributed by atoms with van der Waals surface area (Å²) in [6, 6.07) is 17.9. The predicted octanol–water partition coefficient (Wildman–Crippen LogP) is 3.35. The van der Waals surface area contributed by atoms with Crippen LogP contribution in [0, 0.1) is 11.3 Å². The number of carbonyl (C=O) groups excluding carboxylic acids is 1. The van der Waals surface area contributed by atoms with Crippen LogP contribution in [0.2, 0.25) is 0 Å². The van der Waals surface area contributed by atoms with Crippen LogP contribution >= 0.6 is 0 Å². The normalized spacial score (nSPS) is 15.3. The number of rotatable bonds is 5. The number of anilines is 1. The predicted molar refractivity (Wildman–Crippen MR) is 127 cm³/mol. The third kappa shape index (κ3) is 4.50. The van der Waals surface area contributed by atoms with Gasteiger partial charge >= 0.3 is 0 Å². The molecular formula is C26H23N7O. The van der Waals surface area contributed by atoms with E-state index in [9.17, 15) is 10.1 Å². The average molecular weight is 450 g/mol. The van der Waals surface area contributed by atoms with Crippen LogP contribution in [-0.2, 0) is 19.5 Å². The molecule has 5 rings (SSSR count). The zero-order valence-corrected chi connectivity index (χ0v) is 18.5. The van der Waals surface area contributed by atoms with Gasteiger partial charge in [-0.3, -0.25) is 9.78 Å². The molecule has 0 spiro atoms. The number of H-pyrrole nitrogens is 1. The first kappa shape index (κ1) is 21.3. The van der Waals surface area contributed by atoms with Crippen molar-refractivity contribution >= 4 is 11.6 Å². The molecule has 2 aromatic carbocycles. The summed E-state index contributed by atoms with van der Waals surface area (Å²) in [6.45, 7) is 1.59. The van der Waals surface area contributed by atoms with E-state index in [0.717, 1.165) is 22.5 Å². The van der Waals surface area contributed by atoms with Crippen molar-refractivity contribution in [3.05, 3.63) is 108 Å². The van der Waals surface area contributed by atoms with E-state index in [1.807, 2.05) is 47.5 Å². The van der Waals surface area contributed by atoms with E-state index >= 15 is 0 Å². The monoisotopic (exact) mass is 449 g/mol. The Morgan fingerprint density at radius 3 is 2.74 bits per heavy atom. The molecule has 8 heteroatoms. The van der Waals surface area contributed by atoms with Crippen LogP contribution in [0.15, 0.2) is 79.6 Å². The van der Waals surface area contributed by atoms with E-state index in [1.54, 1.807) is 12.5 Å². The number of fused-ring (bicyclic) bond motifs is 1. The Bertz CT molecular complexity index is 1300. The molecule has 1 amide bonds. The van der Waals surface area contributed by atoms with Crippen molar-refractivity contribution in [2.45, 2.75) is 25.6 Å². The van der Waals surface area contributed by atoms with Crippen LogP contribution in [0.1, 0.15) is 32.9 Å². The highest BCUT2D eigenvalue weighted by Crippen LogP contribution is 2.31. The van der Waals surface area contributed by atoms with Gasteiger partial charge in [0.2, 0.25) is 0 Å². The fourth-order valence-electron chi connectivity index (χ4n) is 4.44. The second-order valence-corrected chi connectivity index (χ2v) is 8.28. The molecule has 2 aromatic heterocycles. The number of hydrogen-bond donors (Lipinski definition) is 1. The standard InChI is InChI=1S/C26H23N7O/c27-12-20-6-7-25-21(10-20)15-33(26(34)24-14-28-8-9-30-24)23(11-19-4-2-1-3-5-19)17-32(25)16-22-13-29-18-31-22/h1-10,13-14,18,23H,11,15-17H2,(H,29,31). The number of benzene rings is 2. The minimum absolute atomic E-state index is 0.127. The molecule has 0 saturated heterocycles. The van der Waals surface area contributed by atoms with E-state index in [1.165, 1.54) is 12.4 Å². The summed E-state index contributed by atoms with van der Waals surface area (Å²) < 4.78 is 0. The van der Waals surface area contributed by atoms with Gasteiger partial charge in [-0.1, -0.05) is 30.3 Å². The molecule has 3 heterocycles. The fourth-order valence-corrected chi connectivity index (χ4v) is 4.44. The molecule has 0 aliphatic carbocycles. The summed E-state index contributed by atoms with van der Waals surface area (Å²) in [5, 5.41) is 9.51. The Hall–Kier alpha value is -4.51. The van der Waals surface area contributed by atoms with E-state index < -0.39 is 0 Å². The highest BCUT2D eigenvalue weighted by molar-refractivity contribution is 5.92. The summed E-state index contributed by atoms with van der Waals surface area (Å²) in [6.07, 6.45) is 8.75. The minimum atomic E-state index is -0.175. The minimum Gasteiger partial charge on any atom is -0.363 e. The van der Waals surface area contributed by atoms with E-state index in [0.29, 0.717) is 37.3 Å². The number of hydrogen-bond acceptors (Lipinski definition) is 6. The lowest BCUT2D eigenvalue weighted by Gasteiger charge is -2.32. The molecule has 4 aromatic rings. The third-order valence-electron chi connectivity index (χ3n) is 6.04. The van der Waals surface area contributed by atoms with Gasteiger partial charge in [0.1, 0.15) is 5.69 Å². The van der Waals surface area contributed by atoms with Gasteiger partial charge in [0.25, 0.3) is 5.91 Å². The van der Waals surface area contributed by atoms with E-state index in [-0.39, 0.29) is 11.9 Å². The largest absolute Gasteiger partial charge is 0.363 e. The molecule has 1 aliphatic rings. The number of nitriles is 1. The zero-order valence-electron chi connectivity index (χ0n) is 18.5. The van der Waals surface area contributed by atoms with Crippen LogP contribution in [-0.4, -0.2) is 43.3 Å². The molecule has 8 nitrogen and oxygen atoms in total. The number of nitrogens with one attached hydrogen (secondary N) is 1. The van der Waals surface area contributed by atoms with Crippen molar-refractivity contribution in [1.29, 1.82) is 5.26 Å². The molecule has 168 valence electrons. The Kier molecular flexibility index (Phi) is 5.99. The molecule has 1 aliphatic heterocycles. The van der Waals surface area contributed by atoms with Crippen molar-refractivity contribution in [2.24, 2.45) is 0 Å². The van der Waals surface area contributed by atoms with Gasteiger partial charge in [0.15, 0.2) is 0 Å². The van der Waals surface area contributed by atoms with Crippen LogP contribution in [0.3, 0.4) is 0 Å². The van der Waals surface area contributed by atoms with E-state index in [2.05, 4.69) is 43.0 Å². The smallest absolute Gasteiger partial charge is 0.274 e.